The second-order valence-corrected chi connectivity index (χ2v) is 4.35. The van der Waals surface area contributed by atoms with Gasteiger partial charge in [-0.15, -0.1) is 0 Å². The highest BCUT2D eigenvalue weighted by Crippen LogP contribution is 2.26. The summed E-state index contributed by atoms with van der Waals surface area (Å²) in [6.45, 7) is 0. The van der Waals surface area contributed by atoms with Gasteiger partial charge in [0.2, 0.25) is 0 Å². The van der Waals surface area contributed by atoms with Crippen LogP contribution in [0.4, 0.5) is 0 Å². The van der Waals surface area contributed by atoms with E-state index in [9.17, 15) is 19.1 Å². The Balaban J connectivity index is 2.84. The summed E-state index contributed by atoms with van der Waals surface area (Å²) in [5, 5.41) is 0. The van der Waals surface area contributed by atoms with Crippen LogP contribution in [0.15, 0.2) is 30.1 Å². The molecule has 0 heterocycles. The summed E-state index contributed by atoms with van der Waals surface area (Å²) in [7, 11) is -3.37. The lowest BCUT2D eigenvalue weighted by Crippen LogP contribution is -2.10. The van der Waals surface area contributed by atoms with E-state index in [0.29, 0.717) is 16.9 Å². The Morgan fingerprint density at radius 1 is 1.31 bits per heavy atom. The van der Waals surface area contributed by atoms with Gasteiger partial charge in [-0.05, 0) is 25.3 Å². The van der Waals surface area contributed by atoms with E-state index in [1.54, 1.807) is 0 Å². The number of carbonyl (C=O) groups is 1. The predicted octanol–water partition coefficient (Wildman–Crippen LogP) is 0.358. The van der Waals surface area contributed by atoms with E-state index in [0.717, 1.165) is 0 Å². The summed E-state index contributed by atoms with van der Waals surface area (Å²) >= 11 is 0. The van der Waals surface area contributed by atoms with Crippen molar-refractivity contribution in [3.05, 3.63) is 41.2 Å². The standard InChI is InChI=1S/C10H11O5P/c1-15-10(11)9-4-2-8(3-5-9)6-7-16(12,13)14/h2-7H,1H3,(H2,12,13,14)/p-2/b7-6+. The van der Waals surface area contributed by atoms with Crippen LogP contribution >= 0.6 is 7.60 Å². The lowest BCUT2D eigenvalue weighted by Gasteiger charge is -2.24. The van der Waals surface area contributed by atoms with Crippen LogP contribution in [0.25, 0.3) is 6.08 Å². The van der Waals surface area contributed by atoms with Crippen LogP contribution in [-0.4, -0.2) is 13.1 Å². The van der Waals surface area contributed by atoms with Crippen molar-refractivity contribution in [1.82, 2.24) is 0 Å². The van der Waals surface area contributed by atoms with Crippen molar-refractivity contribution in [1.29, 1.82) is 0 Å². The first-order valence-corrected chi connectivity index (χ1v) is 5.93. The summed E-state index contributed by atoms with van der Waals surface area (Å²) < 4.78 is 14.8. The van der Waals surface area contributed by atoms with E-state index in [4.69, 9.17) is 0 Å². The van der Waals surface area contributed by atoms with Gasteiger partial charge in [0.15, 0.2) is 0 Å². The predicted molar refractivity (Wildman–Crippen MR) is 54.4 cm³/mol. The van der Waals surface area contributed by atoms with E-state index in [1.807, 2.05) is 0 Å². The number of methoxy groups -OCH3 is 1. The average Bonchev–Trinajstić information content (AvgIpc) is 2.25. The maximum absolute atomic E-state index is 11.1. The number of hydrogen-bond acceptors (Lipinski definition) is 5. The van der Waals surface area contributed by atoms with Gasteiger partial charge in [-0.1, -0.05) is 24.0 Å². The van der Waals surface area contributed by atoms with Crippen LogP contribution in [0.5, 0.6) is 0 Å². The van der Waals surface area contributed by atoms with Gasteiger partial charge < -0.3 is 19.1 Å². The van der Waals surface area contributed by atoms with Crippen LogP contribution in [0.3, 0.4) is 0 Å². The molecule has 0 atom stereocenters. The van der Waals surface area contributed by atoms with Gasteiger partial charge >= 0.3 is 5.97 Å². The first-order valence-electron chi connectivity index (χ1n) is 4.32. The Morgan fingerprint density at radius 3 is 2.31 bits per heavy atom. The molecule has 0 spiro atoms. The third-order valence-corrected chi connectivity index (χ3v) is 2.30. The molecule has 0 unspecified atom stereocenters. The van der Waals surface area contributed by atoms with Gasteiger partial charge in [-0.25, -0.2) is 4.79 Å². The molecule has 0 bridgehead atoms. The molecule has 0 radical (unpaired) electrons. The molecule has 0 amide bonds. The highest BCUT2D eigenvalue weighted by molar-refractivity contribution is 7.52. The fourth-order valence-electron chi connectivity index (χ4n) is 1.03. The van der Waals surface area contributed by atoms with Crippen molar-refractivity contribution < 1.29 is 23.9 Å². The monoisotopic (exact) mass is 240 g/mol. The van der Waals surface area contributed by atoms with Crippen LogP contribution in [0, 0.1) is 0 Å². The average molecular weight is 240 g/mol. The topological polar surface area (TPSA) is 89.5 Å². The number of benzene rings is 1. The Kier molecular flexibility index (Phi) is 4.01. The Morgan fingerprint density at radius 2 is 1.88 bits per heavy atom. The van der Waals surface area contributed by atoms with E-state index in [2.05, 4.69) is 4.74 Å². The van der Waals surface area contributed by atoms with Crippen LogP contribution < -0.4 is 9.79 Å². The van der Waals surface area contributed by atoms with Gasteiger partial charge in [0.05, 0.1) is 12.7 Å². The molecule has 1 aromatic carbocycles. The number of ether oxygens (including phenoxy) is 1. The van der Waals surface area contributed by atoms with Crippen LogP contribution in [-0.2, 0) is 9.30 Å². The summed E-state index contributed by atoms with van der Waals surface area (Å²) in [5.41, 5.74) is 0.867. The molecule has 16 heavy (non-hydrogen) atoms. The normalized spacial score (nSPS) is 11.7. The Bertz CT molecular complexity index is 443. The molecule has 0 N–H and O–H groups in total. The highest BCUT2D eigenvalue weighted by atomic mass is 31.2. The van der Waals surface area contributed by atoms with Gasteiger partial charge in [0, 0.05) is 0 Å². The number of esters is 1. The summed E-state index contributed by atoms with van der Waals surface area (Å²) in [6, 6.07) is 5.98. The van der Waals surface area contributed by atoms with Crippen LogP contribution in [0.1, 0.15) is 15.9 Å². The Labute approximate surface area is 92.5 Å². The zero-order valence-corrected chi connectivity index (χ0v) is 9.35. The third kappa shape index (κ3) is 3.98. The second kappa shape index (κ2) is 5.07. The molecule has 0 aliphatic carbocycles. The lowest BCUT2D eigenvalue weighted by atomic mass is 10.1. The number of rotatable bonds is 3. The molecule has 0 aliphatic heterocycles. The molecular weight excluding hydrogens is 231 g/mol. The van der Waals surface area contributed by atoms with Crippen LogP contribution in [0.2, 0.25) is 0 Å². The van der Waals surface area contributed by atoms with Gasteiger partial charge in [-0.3, -0.25) is 0 Å². The zero-order chi connectivity index (χ0) is 12.2. The minimum atomic E-state index is -4.64. The quantitative estimate of drug-likeness (QED) is 0.562. The minimum absolute atomic E-state index is 0.354. The van der Waals surface area contributed by atoms with E-state index in [1.165, 1.54) is 37.5 Å². The van der Waals surface area contributed by atoms with Crippen molar-refractivity contribution >= 4 is 19.6 Å². The molecule has 0 saturated heterocycles. The molecular formula is C10H9O5P-2. The molecule has 0 aromatic heterocycles. The van der Waals surface area contributed by atoms with Crippen molar-refractivity contribution in [2.75, 3.05) is 7.11 Å². The molecule has 1 rings (SSSR count). The maximum atomic E-state index is 11.1. The van der Waals surface area contributed by atoms with Gasteiger partial charge in [0.25, 0.3) is 0 Å². The van der Waals surface area contributed by atoms with Crippen molar-refractivity contribution in [2.24, 2.45) is 0 Å². The fraction of sp³-hybridized carbons (Fsp3) is 0.100. The molecule has 0 fully saturated rings. The van der Waals surface area contributed by atoms with Crippen molar-refractivity contribution in [3.8, 4) is 0 Å². The summed E-state index contributed by atoms with van der Waals surface area (Å²) in [4.78, 5) is 31.7. The maximum Gasteiger partial charge on any atom is 0.337 e. The Hall–Kier alpha value is -1.42. The lowest BCUT2D eigenvalue weighted by molar-refractivity contribution is -0.308. The third-order valence-electron chi connectivity index (χ3n) is 1.78. The van der Waals surface area contributed by atoms with Gasteiger partial charge in [-0.2, -0.15) is 0 Å². The van der Waals surface area contributed by atoms with Crippen molar-refractivity contribution in [3.63, 3.8) is 0 Å². The number of carbonyl (C=O) groups excluding carboxylic acids is 1. The first kappa shape index (κ1) is 12.6. The van der Waals surface area contributed by atoms with Crippen molar-refractivity contribution in [2.45, 2.75) is 0 Å². The van der Waals surface area contributed by atoms with E-state index in [-0.39, 0.29) is 0 Å². The molecule has 0 saturated carbocycles. The number of hydrogen-bond donors (Lipinski definition) is 0. The zero-order valence-electron chi connectivity index (χ0n) is 8.45. The molecule has 1 aromatic rings. The largest absolute Gasteiger partial charge is 0.808 e. The fourth-order valence-corrected chi connectivity index (χ4v) is 1.38. The molecule has 86 valence electrons. The van der Waals surface area contributed by atoms with Gasteiger partial charge in [0.1, 0.15) is 0 Å². The SMILES string of the molecule is COC(=O)c1ccc(/C=C/P(=O)([O-])[O-])cc1. The smallest absolute Gasteiger partial charge is 0.337 e. The summed E-state index contributed by atoms with van der Waals surface area (Å²) in [5.74, 6) is 0.106. The van der Waals surface area contributed by atoms with E-state index >= 15 is 0 Å². The molecule has 5 nitrogen and oxygen atoms in total. The first-order chi connectivity index (χ1) is 7.42. The van der Waals surface area contributed by atoms with E-state index < -0.39 is 13.6 Å². The summed E-state index contributed by atoms with van der Waals surface area (Å²) in [6.07, 6.45) is 1.17. The molecule has 6 heteroatoms. The minimum Gasteiger partial charge on any atom is -0.808 e. The second-order valence-electron chi connectivity index (χ2n) is 2.97. The highest BCUT2D eigenvalue weighted by Gasteiger charge is 2.02. The molecule has 0 aliphatic rings.